The molecule has 0 heterocycles. The molecule has 0 radical (unpaired) electrons. The van der Waals surface area contributed by atoms with Crippen LogP contribution in [0.5, 0.6) is 0 Å². The van der Waals surface area contributed by atoms with Gasteiger partial charge in [-0.2, -0.15) is 0 Å². The molecule has 0 saturated heterocycles. The first kappa shape index (κ1) is 8.48. The van der Waals surface area contributed by atoms with Gasteiger partial charge in [-0.1, -0.05) is 36.4 Å². The van der Waals surface area contributed by atoms with Crippen molar-refractivity contribution in [3.05, 3.63) is 47.5 Å². The minimum atomic E-state index is -0.973. The summed E-state index contributed by atoms with van der Waals surface area (Å²) in [5.74, 6) is -1.44. The summed E-state index contributed by atoms with van der Waals surface area (Å²) < 4.78 is 0. The molecule has 0 bridgehead atoms. The molecular weight excluding hydrogens is 188 g/mol. The van der Waals surface area contributed by atoms with Crippen molar-refractivity contribution in [3.63, 3.8) is 0 Å². The summed E-state index contributed by atoms with van der Waals surface area (Å²) >= 11 is 0. The van der Waals surface area contributed by atoms with Gasteiger partial charge in [0, 0.05) is 11.9 Å². The molecule has 0 aliphatic heterocycles. The molecule has 0 aromatic heterocycles. The molecule has 15 heavy (non-hydrogen) atoms. The van der Waals surface area contributed by atoms with Crippen LogP contribution in [0.25, 0.3) is 10.8 Å². The molecule has 0 N–H and O–H groups in total. The highest BCUT2D eigenvalue weighted by Gasteiger charge is 2.24. The SMILES string of the molecule is O=C([O-])[C@@H]1Cc2cccc3cccc1c23. The first-order valence-electron chi connectivity index (χ1n) is 4.99. The predicted octanol–water partition coefficient (Wildman–Crippen LogP) is 1.23. The van der Waals surface area contributed by atoms with Gasteiger partial charge in [-0.25, -0.2) is 0 Å². The lowest BCUT2D eigenvalue weighted by atomic mass is 10.0. The van der Waals surface area contributed by atoms with Gasteiger partial charge in [-0.3, -0.25) is 0 Å². The number of carboxylic acid groups (broad SMARTS) is 1. The van der Waals surface area contributed by atoms with Crippen molar-refractivity contribution in [2.75, 3.05) is 0 Å². The summed E-state index contributed by atoms with van der Waals surface area (Å²) in [6, 6.07) is 11.8. The monoisotopic (exact) mass is 197 g/mol. The number of benzene rings is 2. The number of carboxylic acids is 1. The standard InChI is InChI=1S/C13H10O2/c14-13(15)11-7-9-5-1-3-8-4-2-6-10(11)12(8)9/h1-6,11H,7H2,(H,14,15)/p-1/t11-/m1/s1. The molecule has 1 aliphatic rings. The molecule has 0 saturated carbocycles. The second-order valence-corrected chi connectivity index (χ2v) is 3.94. The van der Waals surface area contributed by atoms with Crippen LogP contribution in [0.2, 0.25) is 0 Å². The fourth-order valence-electron chi connectivity index (χ4n) is 2.45. The Balaban J connectivity index is 2.36. The van der Waals surface area contributed by atoms with Crippen molar-refractivity contribution in [2.45, 2.75) is 12.3 Å². The van der Waals surface area contributed by atoms with Crippen LogP contribution in [0.15, 0.2) is 36.4 Å². The maximum absolute atomic E-state index is 11.0. The lowest BCUT2D eigenvalue weighted by Gasteiger charge is -2.11. The average molecular weight is 197 g/mol. The highest BCUT2D eigenvalue weighted by molar-refractivity contribution is 5.96. The zero-order chi connectivity index (χ0) is 10.4. The van der Waals surface area contributed by atoms with Crippen molar-refractivity contribution in [3.8, 4) is 0 Å². The first-order chi connectivity index (χ1) is 7.27. The van der Waals surface area contributed by atoms with E-state index in [0.717, 1.165) is 21.9 Å². The predicted molar refractivity (Wildman–Crippen MR) is 55.4 cm³/mol. The van der Waals surface area contributed by atoms with Crippen molar-refractivity contribution in [1.82, 2.24) is 0 Å². The van der Waals surface area contributed by atoms with Crippen LogP contribution in [0.3, 0.4) is 0 Å². The Morgan fingerprint density at radius 3 is 2.67 bits per heavy atom. The topological polar surface area (TPSA) is 40.1 Å². The number of carbonyl (C=O) groups is 1. The third-order valence-corrected chi connectivity index (χ3v) is 3.11. The van der Waals surface area contributed by atoms with E-state index in [2.05, 4.69) is 0 Å². The maximum Gasteiger partial charge on any atom is 0.0492 e. The van der Waals surface area contributed by atoms with Gasteiger partial charge >= 0.3 is 0 Å². The Hall–Kier alpha value is -1.83. The third kappa shape index (κ3) is 1.08. The number of carbonyl (C=O) groups excluding carboxylic acids is 1. The summed E-state index contributed by atoms with van der Waals surface area (Å²) in [4.78, 5) is 11.0. The van der Waals surface area contributed by atoms with Crippen LogP contribution >= 0.6 is 0 Å². The minimum absolute atomic E-state index is 0.467. The van der Waals surface area contributed by atoms with Crippen LogP contribution in [-0.2, 0) is 11.2 Å². The molecule has 1 aliphatic carbocycles. The van der Waals surface area contributed by atoms with E-state index in [9.17, 15) is 9.90 Å². The van der Waals surface area contributed by atoms with E-state index in [1.807, 2.05) is 36.4 Å². The summed E-state index contributed by atoms with van der Waals surface area (Å²) in [5.41, 5.74) is 2.03. The normalized spacial score (nSPS) is 18.3. The molecule has 2 nitrogen and oxygen atoms in total. The molecule has 0 unspecified atom stereocenters. The molecule has 2 aromatic rings. The Labute approximate surface area is 87.2 Å². The van der Waals surface area contributed by atoms with Crippen LogP contribution in [0.4, 0.5) is 0 Å². The van der Waals surface area contributed by atoms with Crippen LogP contribution in [0.1, 0.15) is 17.0 Å². The van der Waals surface area contributed by atoms with E-state index in [-0.39, 0.29) is 0 Å². The number of hydrogen-bond acceptors (Lipinski definition) is 2. The van der Waals surface area contributed by atoms with Crippen molar-refractivity contribution in [2.24, 2.45) is 0 Å². The third-order valence-electron chi connectivity index (χ3n) is 3.11. The van der Waals surface area contributed by atoms with Gasteiger partial charge in [0.2, 0.25) is 0 Å². The molecule has 2 aromatic carbocycles. The molecule has 3 rings (SSSR count). The minimum Gasteiger partial charge on any atom is -0.549 e. The van der Waals surface area contributed by atoms with Crippen molar-refractivity contribution >= 4 is 16.7 Å². The Morgan fingerprint density at radius 1 is 1.20 bits per heavy atom. The van der Waals surface area contributed by atoms with E-state index in [4.69, 9.17) is 0 Å². The number of hydrogen-bond donors (Lipinski definition) is 0. The fourth-order valence-corrected chi connectivity index (χ4v) is 2.45. The highest BCUT2D eigenvalue weighted by Crippen LogP contribution is 2.37. The largest absolute Gasteiger partial charge is 0.549 e. The smallest absolute Gasteiger partial charge is 0.0492 e. The van der Waals surface area contributed by atoms with Gasteiger partial charge in [-0.15, -0.1) is 0 Å². The molecule has 2 heteroatoms. The Kier molecular flexibility index (Phi) is 1.60. The van der Waals surface area contributed by atoms with Gasteiger partial charge in [0.05, 0.1) is 0 Å². The summed E-state index contributed by atoms with van der Waals surface area (Å²) in [7, 11) is 0. The molecule has 0 spiro atoms. The molecular formula is C13H9O2-. The molecule has 74 valence electrons. The zero-order valence-corrected chi connectivity index (χ0v) is 8.07. The lowest BCUT2D eigenvalue weighted by molar-refractivity contribution is -0.307. The van der Waals surface area contributed by atoms with Crippen LogP contribution in [0, 0.1) is 0 Å². The zero-order valence-electron chi connectivity index (χ0n) is 8.07. The van der Waals surface area contributed by atoms with Gasteiger partial charge in [0.15, 0.2) is 0 Å². The maximum atomic E-state index is 11.0. The number of aliphatic carboxylic acids is 1. The summed E-state index contributed by atoms with van der Waals surface area (Å²) in [6.07, 6.45) is 0.568. The first-order valence-corrected chi connectivity index (χ1v) is 4.99. The van der Waals surface area contributed by atoms with Crippen LogP contribution < -0.4 is 5.11 Å². The van der Waals surface area contributed by atoms with Gasteiger partial charge < -0.3 is 9.90 Å². The van der Waals surface area contributed by atoms with Gasteiger partial charge in [0.25, 0.3) is 0 Å². The summed E-state index contributed by atoms with van der Waals surface area (Å²) in [6.45, 7) is 0. The second-order valence-electron chi connectivity index (χ2n) is 3.94. The second kappa shape index (κ2) is 2.83. The molecule has 0 fully saturated rings. The van der Waals surface area contributed by atoms with E-state index >= 15 is 0 Å². The van der Waals surface area contributed by atoms with Crippen LogP contribution in [-0.4, -0.2) is 5.97 Å². The van der Waals surface area contributed by atoms with E-state index in [1.165, 1.54) is 0 Å². The average Bonchev–Trinajstić information content (AvgIpc) is 2.61. The lowest BCUT2D eigenvalue weighted by Crippen LogP contribution is -2.29. The fraction of sp³-hybridized carbons (Fsp3) is 0.154. The summed E-state index contributed by atoms with van der Waals surface area (Å²) in [5, 5.41) is 13.2. The number of rotatable bonds is 1. The molecule has 0 amide bonds. The quantitative estimate of drug-likeness (QED) is 0.689. The van der Waals surface area contributed by atoms with Gasteiger partial charge in [-0.05, 0) is 28.3 Å². The van der Waals surface area contributed by atoms with E-state index in [1.54, 1.807) is 0 Å². The van der Waals surface area contributed by atoms with E-state index < -0.39 is 11.9 Å². The van der Waals surface area contributed by atoms with E-state index in [0.29, 0.717) is 6.42 Å². The molecule has 1 atom stereocenters. The highest BCUT2D eigenvalue weighted by atomic mass is 16.4. The van der Waals surface area contributed by atoms with Gasteiger partial charge in [0.1, 0.15) is 0 Å². The Bertz CT molecular complexity index is 552. The van der Waals surface area contributed by atoms with Crippen molar-refractivity contribution in [1.29, 1.82) is 0 Å². The Morgan fingerprint density at radius 2 is 1.93 bits per heavy atom. The van der Waals surface area contributed by atoms with Crippen molar-refractivity contribution < 1.29 is 9.90 Å².